The lowest BCUT2D eigenvalue weighted by Crippen LogP contribution is -2.29. The molecule has 160 valence electrons. The molecule has 0 aliphatic carbocycles. The number of hydrogen-bond acceptors (Lipinski definition) is 4. The normalized spacial score (nSPS) is 16.8. The number of benzene rings is 2. The molecule has 2 atom stereocenters. The van der Waals surface area contributed by atoms with Crippen molar-refractivity contribution in [3.05, 3.63) is 77.4 Å². The van der Waals surface area contributed by atoms with Crippen molar-refractivity contribution in [3.63, 3.8) is 0 Å². The summed E-state index contributed by atoms with van der Waals surface area (Å²) in [5, 5.41) is 0. The lowest BCUT2D eigenvalue weighted by molar-refractivity contribution is -0.158. The molecule has 0 radical (unpaired) electrons. The molecule has 0 N–H and O–H groups in total. The monoisotopic (exact) mass is 407 g/mol. The highest BCUT2D eigenvalue weighted by atomic mass is 16.6. The number of methoxy groups -OCH3 is 1. The van der Waals surface area contributed by atoms with Crippen molar-refractivity contribution in [2.75, 3.05) is 27.2 Å². The standard InChI is InChI=1S/C26H33NO3/c1-19(2)17-24(26(28)29-4)30-25(21-9-6-5-7-10-21)22-14-12-20(13-15-22)23-11-8-16-27(3)18-23/h5-7,9-15,19,24-25H,8,16-18H2,1-4H3/t24-,25+/m0/s1. The molecule has 0 fully saturated rings. The molecule has 30 heavy (non-hydrogen) atoms. The van der Waals surface area contributed by atoms with Crippen LogP contribution in [0.1, 0.15) is 49.5 Å². The second kappa shape index (κ2) is 10.6. The molecule has 2 aromatic rings. The van der Waals surface area contributed by atoms with Crippen LogP contribution in [0.15, 0.2) is 60.7 Å². The Bertz CT molecular complexity index is 842. The zero-order valence-corrected chi connectivity index (χ0v) is 18.5. The number of rotatable bonds is 8. The van der Waals surface area contributed by atoms with Crippen molar-refractivity contribution in [3.8, 4) is 0 Å². The molecule has 0 saturated heterocycles. The third kappa shape index (κ3) is 5.80. The van der Waals surface area contributed by atoms with Crippen LogP contribution in [0.25, 0.3) is 5.57 Å². The summed E-state index contributed by atoms with van der Waals surface area (Å²) in [6, 6.07) is 18.6. The maximum absolute atomic E-state index is 12.4. The number of esters is 1. The molecule has 4 heteroatoms. The largest absolute Gasteiger partial charge is 0.467 e. The molecular formula is C26H33NO3. The molecule has 0 saturated carbocycles. The second-order valence-electron chi connectivity index (χ2n) is 8.45. The summed E-state index contributed by atoms with van der Waals surface area (Å²) >= 11 is 0. The summed E-state index contributed by atoms with van der Waals surface area (Å²) in [4.78, 5) is 14.7. The number of hydrogen-bond donors (Lipinski definition) is 0. The first kappa shape index (κ1) is 22.3. The highest BCUT2D eigenvalue weighted by Crippen LogP contribution is 2.31. The van der Waals surface area contributed by atoms with E-state index in [2.05, 4.69) is 56.1 Å². The van der Waals surface area contributed by atoms with Gasteiger partial charge < -0.3 is 14.4 Å². The van der Waals surface area contributed by atoms with Crippen molar-refractivity contribution in [1.29, 1.82) is 0 Å². The topological polar surface area (TPSA) is 38.8 Å². The fraction of sp³-hybridized carbons (Fsp3) is 0.423. The summed E-state index contributed by atoms with van der Waals surface area (Å²) in [6.45, 7) is 6.24. The van der Waals surface area contributed by atoms with Gasteiger partial charge in [-0.1, -0.05) is 74.5 Å². The molecule has 0 aromatic heterocycles. The van der Waals surface area contributed by atoms with Gasteiger partial charge in [0.2, 0.25) is 0 Å². The van der Waals surface area contributed by atoms with Crippen molar-refractivity contribution < 1.29 is 14.3 Å². The lowest BCUT2D eigenvalue weighted by Gasteiger charge is -2.26. The fourth-order valence-corrected chi connectivity index (χ4v) is 3.88. The molecule has 0 spiro atoms. The van der Waals surface area contributed by atoms with Gasteiger partial charge in [0.05, 0.1) is 7.11 Å². The third-order valence-electron chi connectivity index (χ3n) is 5.48. The van der Waals surface area contributed by atoms with E-state index in [1.165, 1.54) is 18.2 Å². The zero-order chi connectivity index (χ0) is 21.5. The summed E-state index contributed by atoms with van der Waals surface area (Å²) in [7, 11) is 3.57. The summed E-state index contributed by atoms with van der Waals surface area (Å²) in [5.74, 6) is -0.000206. The molecule has 3 rings (SSSR count). The van der Waals surface area contributed by atoms with Gasteiger partial charge in [-0.3, -0.25) is 0 Å². The Kier molecular flexibility index (Phi) is 7.83. The minimum Gasteiger partial charge on any atom is -0.467 e. The number of ether oxygens (including phenoxy) is 2. The summed E-state index contributed by atoms with van der Waals surface area (Å²) in [6.07, 6.45) is 3.10. The molecule has 0 bridgehead atoms. The van der Waals surface area contributed by atoms with Crippen LogP contribution in [0.4, 0.5) is 0 Å². The minimum atomic E-state index is -0.602. The van der Waals surface area contributed by atoms with Gasteiger partial charge in [-0.2, -0.15) is 0 Å². The van der Waals surface area contributed by atoms with E-state index in [1.54, 1.807) is 0 Å². The fourth-order valence-electron chi connectivity index (χ4n) is 3.88. The van der Waals surface area contributed by atoms with Crippen molar-refractivity contribution in [1.82, 2.24) is 4.90 Å². The highest BCUT2D eigenvalue weighted by molar-refractivity contribution is 5.74. The Labute approximate surface area is 180 Å². The SMILES string of the molecule is COC(=O)[C@H](CC(C)C)O[C@H](c1ccccc1)c1ccc(C2=CCCN(C)C2)cc1. The molecule has 1 aliphatic heterocycles. The maximum Gasteiger partial charge on any atom is 0.335 e. The van der Waals surface area contributed by atoms with Crippen LogP contribution in [0, 0.1) is 5.92 Å². The van der Waals surface area contributed by atoms with Gasteiger partial charge in [0.25, 0.3) is 0 Å². The van der Waals surface area contributed by atoms with E-state index in [9.17, 15) is 4.79 Å². The summed E-state index contributed by atoms with van der Waals surface area (Å²) in [5.41, 5.74) is 4.66. The first-order valence-corrected chi connectivity index (χ1v) is 10.7. The van der Waals surface area contributed by atoms with Gasteiger partial charge in [0.15, 0.2) is 6.10 Å². The van der Waals surface area contributed by atoms with Crippen LogP contribution in [-0.4, -0.2) is 44.2 Å². The van der Waals surface area contributed by atoms with Crippen LogP contribution >= 0.6 is 0 Å². The molecular weight excluding hydrogens is 374 g/mol. The van der Waals surface area contributed by atoms with E-state index in [4.69, 9.17) is 9.47 Å². The van der Waals surface area contributed by atoms with Gasteiger partial charge in [0.1, 0.15) is 6.10 Å². The molecule has 0 unspecified atom stereocenters. The average molecular weight is 408 g/mol. The first-order chi connectivity index (χ1) is 14.5. The number of carbonyl (C=O) groups is 1. The van der Waals surface area contributed by atoms with E-state index in [0.717, 1.165) is 30.6 Å². The Morgan fingerprint density at radius 2 is 1.70 bits per heavy atom. The van der Waals surface area contributed by atoms with Gasteiger partial charge in [-0.05, 0) is 48.1 Å². The second-order valence-corrected chi connectivity index (χ2v) is 8.45. The Morgan fingerprint density at radius 3 is 2.30 bits per heavy atom. The smallest absolute Gasteiger partial charge is 0.335 e. The van der Waals surface area contributed by atoms with Crippen LogP contribution in [0.5, 0.6) is 0 Å². The van der Waals surface area contributed by atoms with Crippen LogP contribution in [0.2, 0.25) is 0 Å². The van der Waals surface area contributed by atoms with E-state index in [1.807, 2.05) is 30.3 Å². The Morgan fingerprint density at radius 1 is 1.03 bits per heavy atom. The van der Waals surface area contributed by atoms with Gasteiger partial charge >= 0.3 is 5.97 Å². The number of likely N-dealkylation sites (N-methyl/N-ethyl adjacent to an activating group) is 1. The van der Waals surface area contributed by atoms with Gasteiger partial charge in [0, 0.05) is 13.1 Å². The third-order valence-corrected chi connectivity index (χ3v) is 5.48. The van der Waals surface area contributed by atoms with E-state index >= 15 is 0 Å². The number of carbonyl (C=O) groups excluding carboxylic acids is 1. The van der Waals surface area contributed by atoms with Crippen molar-refractivity contribution in [2.45, 2.75) is 38.9 Å². The molecule has 4 nitrogen and oxygen atoms in total. The van der Waals surface area contributed by atoms with Gasteiger partial charge in [-0.15, -0.1) is 0 Å². The van der Waals surface area contributed by atoms with Crippen LogP contribution in [0.3, 0.4) is 0 Å². The average Bonchev–Trinajstić information content (AvgIpc) is 2.76. The minimum absolute atomic E-state index is 0.322. The molecule has 1 heterocycles. The quantitative estimate of drug-likeness (QED) is 0.571. The number of nitrogens with zero attached hydrogens (tertiary/aromatic N) is 1. The first-order valence-electron chi connectivity index (χ1n) is 10.7. The highest BCUT2D eigenvalue weighted by Gasteiger charge is 2.27. The van der Waals surface area contributed by atoms with Crippen LogP contribution < -0.4 is 0 Å². The van der Waals surface area contributed by atoms with E-state index < -0.39 is 6.10 Å². The molecule has 0 amide bonds. The Hall–Kier alpha value is -2.43. The molecule has 1 aliphatic rings. The Balaban J connectivity index is 1.89. The maximum atomic E-state index is 12.4. The van der Waals surface area contributed by atoms with Crippen LogP contribution in [-0.2, 0) is 14.3 Å². The van der Waals surface area contributed by atoms with Crippen molar-refractivity contribution in [2.24, 2.45) is 5.92 Å². The lowest BCUT2D eigenvalue weighted by atomic mass is 9.96. The molecule has 2 aromatic carbocycles. The predicted octanol–water partition coefficient (Wildman–Crippen LogP) is 5.10. The predicted molar refractivity (Wildman–Crippen MR) is 121 cm³/mol. The van der Waals surface area contributed by atoms with Gasteiger partial charge in [-0.25, -0.2) is 4.79 Å². The zero-order valence-electron chi connectivity index (χ0n) is 18.5. The van der Waals surface area contributed by atoms with E-state index in [0.29, 0.717) is 12.3 Å². The van der Waals surface area contributed by atoms with Crippen molar-refractivity contribution >= 4 is 11.5 Å². The summed E-state index contributed by atoms with van der Waals surface area (Å²) < 4.78 is 11.4. The van der Waals surface area contributed by atoms with E-state index in [-0.39, 0.29) is 12.1 Å².